The van der Waals surface area contributed by atoms with Crippen LogP contribution < -0.4 is 0 Å². The number of Topliss-reactive ketones (excluding diaryl/α,β-unsaturated/α-hetero) is 1. The third-order valence-corrected chi connectivity index (χ3v) is 11.4. The van der Waals surface area contributed by atoms with Crippen LogP contribution >= 0.6 is 22.7 Å². The van der Waals surface area contributed by atoms with Gasteiger partial charge in [-0.3, -0.25) is 9.78 Å². The number of fused-ring (bicyclic) bond motifs is 1. The summed E-state index contributed by atoms with van der Waals surface area (Å²) in [4.78, 5) is 22.1. The number of thiophene rings is 2. The predicted octanol–water partition coefficient (Wildman–Crippen LogP) is 4.34. The van der Waals surface area contributed by atoms with Crippen LogP contribution in [0.15, 0.2) is 79.4 Å². The van der Waals surface area contributed by atoms with Crippen LogP contribution in [0.25, 0.3) is 0 Å². The van der Waals surface area contributed by atoms with Gasteiger partial charge in [0.15, 0.2) is 19.7 Å². The summed E-state index contributed by atoms with van der Waals surface area (Å²) in [6.07, 6.45) is 5.18. The van der Waals surface area contributed by atoms with E-state index in [-0.39, 0.29) is 31.9 Å². The molecule has 0 saturated carbocycles. The molecule has 34 heavy (non-hydrogen) atoms. The van der Waals surface area contributed by atoms with Crippen molar-refractivity contribution in [3.05, 3.63) is 93.8 Å². The van der Waals surface area contributed by atoms with Gasteiger partial charge in [-0.2, -0.15) is 0 Å². The molecule has 0 unspecified atom stereocenters. The second-order valence-corrected chi connectivity index (χ2v) is 13.8. The lowest BCUT2D eigenvalue weighted by Crippen LogP contribution is -2.23. The first kappa shape index (κ1) is 24.4. The van der Waals surface area contributed by atoms with Crippen molar-refractivity contribution in [2.75, 3.05) is 0 Å². The number of nitrogens with zero attached hydrogens (tertiary/aromatic N) is 2. The molecule has 7 nitrogen and oxygen atoms in total. The zero-order valence-electron chi connectivity index (χ0n) is 18.1. The van der Waals surface area contributed by atoms with E-state index < -0.39 is 37.0 Å². The Balaban J connectivity index is 1.86. The maximum absolute atomic E-state index is 13.2. The Morgan fingerprint density at radius 2 is 1.53 bits per heavy atom. The highest BCUT2D eigenvalue weighted by Crippen LogP contribution is 2.30. The minimum absolute atomic E-state index is 0.0259. The molecule has 0 fully saturated rings. The molecule has 0 N–H and O–H groups in total. The van der Waals surface area contributed by atoms with Crippen LogP contribution in [0.1, 0.15) is 34.5 Å². The van der Waals surface area contributed by atoms with Gasteiger partial charge in [0, 0.05) is 12.0 Å². The Bertz CT molecular complexity index is 1530. The highest BCUT2D eigenvalue weighted by atomic mass is 32.2. The van der Waals surface area contributed by atoms with Gasteiger partial charge in [0.1, 0.15) is 14.1 Å². The van der Waals surface area contributed by atoms with Crippen molar-refractivity contribution in [1.29, 1.82) is 0 Å². The van der Waals surface area contributed by atoms with Crippen molar-refractivity contribution in [2.45, 2.75) is 33.3 Å². The summed E-state index contributed by atoms with van der Waals surface area (Å²) in [6.45, 7) is 5.55. The van der Waals surface area contributed by atoms with E-state index >= 15 is 0 Å². The molecule has 11 heteroatoms. The smallest absolute Gasteiger partial charge is 0.213 e. The molecular weight excluding hydrogens is 513 g/mol. The minimum Gasteiger partial charge on any atom is -0.287 e. The normalized spacial score (nSPS) is 14.6. The molecule has 0 spiro atoms. The van der Waals surface area contributed by atoms with Crippen molar-refractivity contribution in [1.82, 2.24) is 9.97 Å². The highest BCUT2D eigenvalue weighted by Gasteiger charge is 2.31. The number of ketones is 1. The van der Waals surface area contributed by atoms with Crippen LogP contribution in [-0.4, -0.2) is 32.6 Å². The van der Waals surface area contributed by atoms with Gasteiger partial charge in [0.05, 0.1) is 28.6 Å². The number of allylic oxidation sites excluding steroid dienone is 5. The molecular formula is C23H20N2O5S4. The van der Waals surface area contributed by atoms with E-state index in [1.807, 2.05) is 0 Å². The molecule has 3 aromatic rings. The van der Waals surface area contributed by atoms with Crippen molar-refractivity contribution in [2.24, 2.45) is 0 Å². The van der Waals surface area contributed by atoms with Crippen LogP contribution in [0, 0.1) is 0 Å². The first-order valence-corrected chi connectivity index (χ1v) is 15.2. The third-order valence-electron chi connectivity index (χ3n) is 5.12. The molecule has 3 aromatic heterocycles. The molecule has 0 amide bonds. The van der Waals surface area contributed by atoms with Gasteiger partial charge in [-0.15, -0.1) is 22.7 Å². The Hall–Kier alpha value is -2.73. The predicted molar refractivity (Wildman–Crippen MR) is 133 cm³/mol. The summed E-state index contributed by atoms with van der Waals surface area (Å²) in [5, 5.41) is 3.29. The van der Waals surface area contributed by atoms with E-state index in [9.17, 15) is 21.6 Å². The van der Waals surface area contributed by atoms with Crippen LogP contribution in [0.5, 0.6) is 0 Å². The summed E-state index contributed by atoms with van der Waals surface area (Å²) in [6, 6.07) is 6.20. The maximum atomic E-state index is 13.2. The van der Waals surface area contributed by atoms with Crippen molar-refractivity contribution in [3.63, 3.8) is 0 Å². The van der Waals surface area contributed by atoms with E-state index in [1.54, 1.807) is 48.0 Å². The topological polar surface area (TPSA) is 111 Å². The fraction of sp³-hybridized carbons (Fsp3) is 0.174. The van der Waals surface area contributed by atoms with Crippen LogP contribution in [0.4, 0.5) is 0 Å². The second-order valence-electron chi connectivity index (χ2n) is 7.44. The molecule has 0 atom stereocenters. The van der Waals surface area contributed by atoms with Crippen molar-refractivity contribution < 1.29 is 21.6 Å². The van der Waals surface area contributed by atoms with Crippen LogP contribution in [-0.2, 0) is 37.6 Å². The molecule has 0 aromatic carbocycles. The lowest BCUT2D eigenvalue weighted by Gasteiger charge is -2.20. The molecule has 0 bridgehead atoms. The Labute approximate surface area is 206 Å². The fourth-order valence-corrected chi connectivity index (χ4v) is 8.34. The van der Waals surface area contributed by atoms with Crippen molar-refractivity contribution >= 4 is 48.1 Å². The Kier molecular flexibility index (Phi) is 6.81. The Morgan fingerprint density at radius 3 is 2.00 bits per heavy atom. The van der Waals surface area contributed by atoms with Gasteiger partial charge in [-0.25, -0.2) is 21.8 Å². The fourth-order valence-electron chi connectivity index (χ4n) is 3.54. The average Bonchev–Trinajstić information content (AvgIpc) is 3.51. The van der Waals surface area contributed by atoms with Crippen LogP contribution in [0.2, 0.25) is 0 Å². The third kappa shape index (κ3) is 4.74. The quantitative estimate of drug-likeness (QED) is 0.424. The summed E-state index contributed by atoms with van der Waals surface area (Å²) in [5.74, 6) is -1.48. The van der Waals surface area contributed by atoms with E-state index in [0.717, 1.165) is 22.7 Å². The maximum Gasteiger partial charge on any atom is 0.213 e. The summed E-state index contributed by atoms with van der Waals surface area (Å²) in [7, 11) is -7.60. The second kappa shape index (κ2) is 9.49. The molecule has 3 heterocycles. The Morgan fingerprint density at radius 1 is 0.971 bits per heavy atom. The van der Waals surface area contributed by atoms with Gasteiger partial charge in [-0.05, 0) is 35.4 Å². The standard InChI is InChI=1S/C23H20N2O5S4/c1-3-7-16-15(4-2)12-17-22(23(16)26)25-19(14-34(29,30)21-9-6-11-32-21)18(24-17)13-33(27,28)20-8-5-10-31-20/h3-11H,2,12-14H2,1H3/b7-3-. The highest BCUT2D eigenvalue weighted by molar-refractivity contribution is 7.93. The summed E-state index contributed by atoms with van der Waals surface area (Å²) >= 11 is 2.13. The van der Waals surface area contributed by atoms with E-state index in [4.69, 9.17) is 0 Å². The number of rotatable bonds is 8. The monoisotopic (exact) mass is 532 g/mol. The van der Waals surface area contributed by atoms with Gasteiger partial charge in [0.2, 0.25) is 5.78 Å². The minimum atomic E-state index is -3.81. The van der Waals surface area contributed by atoms with E-state index in [1.165, 1.54) is 12.1 Å². The van der Waals surface area contributed by atoms with Gasteiger partial charge < -0.3 is 0 Å². The number of hydrogen-bond donors (Lipinski definition) is 0. The molecule has 0 radical (unpaired) electrons. The lowest BCUT2D eigenvalue weighted by atomic mass is 9.90. The number of carbonyl (C=O) groups excluding carboxylic acids is 1. The SMILES string of the molecule is C=CC1=C(/C=C\C)C(=O)c2nc(CS(=O)(=O)c3cccs3)c(CS(=O)(=O)c3cccs3)nc2C1. The van der Waals surface area contributed by atoms with E-state index in [2.05, 4.69) is 16.5 Å². The van der Waals surface area contributed by atoms with E-state index in [0.29, 0.717) is 16.8 Å². The molecule has 0 saturated heterocycles. The zero-order valence-corrected chi connectivity index (χ0v) is 21.4. The van der Waals surface area contributed by atoms with Crippen molar-refractivity contribution in [3.8, 4) is 0 Å². The number of carbonyl (C=O) groups is 1. The number of aromatic nitrogens is 2. The number of hydrogen-bond acceptors (Lipinski definition) is 9. The molecule has 1 aliphatic carbocycles. The average molecular weight is 533 g/mol. The first-order chi connectivity index (χ1) is 16.2. The summed E-state index contributed by atoms with van der Waals surface area (Å²) < 4.78 is 52.3. The molecule has 4 rings (SSSR count). The van der Waals surface area contributed by atoms with Gasteiger partial charge in [-0.1, -0.05) is 36.9 Å². The van der Waals surface area contributed by atoms with Gasteiger partial charge >= 0.3 is 0 Å². The lowest BCUT2D eigenvalue weighted by molar-refractivity contribution is 0.102. The zero-order chi connectivity index (χ0) is 24.5. The van der Waals surface area contributed by atoms with Crippen LogP contribution in [0.3, 0.4) is 0 Å². The number of sulfone groups is 2. The molecule has 0 aliphatic heterocycles. The largest absolute Gasteiger partial charge is 0.287 e. The molecule has 176 valence electrons. The van der Waals surface area contributed by atoms with Gasteiger partial charge in [0.25, 0.3) is 0 Å². The summed E-state index contributed by atoms with van der Waals surface area (Å²) in [5.41, 5.74) is 1.39. The first-order valence-electron chi connectivity index (χ1n) is 10.1. The molecule has 1 aliphatic rings.